The minimum absolute atomic E-state index is 0.00847. The van der Waals surface area contributed by atoms with Gasteiger partial charge in [0.1, 0.15) is 17.5 Å². The molecule has 3 atom stereocenters. The molecule has 0 bridgehead atoms. The number of aromatic nitrogens is 2. The van der Waals surface area contributed by atoms with Crippen LogP contribution in [0.1, 0.15) is 29.9 Å². The van der Waals surface area contributed by atoms with Gasteiger partial charge >= 0.3 is 0 Å². The topological polar surface area (TPSA) is 78.8 Å². The number of carbonyl (C=O) groups is 1. The summed E-state index contributed by atoms with van der Waals surface area (Å²) in [5.41, 5.74) is 2.73. The van der Waals surface area contributed by atoms with Crippen molar-refractivity contribution in [3.8, 4) is 17.0 Å². The number of pyridine rings is 2. The van der Waals surface area contributed by atoms with Gasteiger partial charge in [0.15, 0.2) is 0 Å². The predicted octanol–water partition coefficient (Wildman–Crippen LogP) is 3.63. The Labute approximate surface area is 205 Å². The molecule has 0 aliphatic carbocycles. The summed E-state index contributed by atoms with van der Waals surface area (Å²) in [4.78, 5) is 26.3. The van der Waals surface area contributed by atoms with Crippen LogP contribution in [0.15, 0.2) is 60.9 Å². The quantitative estimate of drug-likeness (QED) is 0.559. The standard InChI is InChI=1S/C27H31FN4O3/c1-18-14-32(19(2)17-33)27(34)24-12-21(20-7-9-22(28)10-8-20)13-30-26(24)35-25(18)16-31(3)15-23-6-4-5-11-29-23/h4-13,18-19,25,33H,14-17H2,1-3H3/t18-,19+,25+/m1/s1. The molecule has 0 spiro atoms. The first-order valence-electron chi connectivity index (χ1n) is 11.8. The Balaban J connectivity index is 1.65. The summed E-state index contributed by atoms with van der Waals surface area (Å²) in [6, 6.07) is 13.3. The summed E-state index contributed by atoms with van der Waals surface area (Å²) in [7, 11) is 2.01. The van der Waals surface area contributed by atoms with E-state index in [1.165, 1.54) is 12.1 Å². The smallest absolute Gasteiger partial charge is 0.259 e. The first-order valence-corrected chi connectivity index (χ1v) is 11.8. The number of benzene rings is 1. The van der Waals surface area contributed by atoms with Crippen molar-refractivity contribution >= 4 is 5.91 Å². The number of aliphatic hydroxyl groups is 1. The van der Waals surface area contributed by atoms with Crippen molar-refractivity contribution in [3.63, 3.8) is 0 Å². The number of aliphatic hydroxyl groups excluding tert-OH is 1. The van der Waals surface area contributed by atoms with Gasteiger partial charge in [0.2, 0.25) is 5.88 Å². The Morgan fingerprint density at radius 1 is 1.20 bits per heavy atom. The molecule has 7 nitrogen and oxygen atoms in total. The number of halogens is 1. The van der Waals surface area contributed by atoms with E-state index < -0.39 is 0 Å². The molecule has 3 heterocycles. The fourth-order valence-corrected chi connectivity index (χ4v) is 4.26. The first kappa shape index (κ1) is 24.8. The minimum Gasteiger partial charge on any atom is -0.472 e. The summed E-state index contributed by atoms with van der Waals surface area (Å²) in [5, 5.41) is 9.84. The van der Waals surface area contributed by atoms with Gasteiger partial charge in [0.05, 0.1) is 18.3 Å². The number of hydrogen-bond acceptors (Lipinski definition) is 6. The van der Waals surface area contributed by atoms with Gasteiger partial charge in [-0.2, -0.15) is 0 Å². The molecule has 0 saturated heterocycles. The third-order valence-corrected chi connectivity index (χ3v) is 6.35. The highest BCUT2D eigenvalue weighted by molar-refractivity contribution is 5.98. The molecule has 35 heavy (non-hydrogen) atoms. The van der Waals surface area contributed by atoms with Gasteiger partial charge in [0.25, 0.3) is 5.91 Å². The fourth-order valence-electron chi connectivity index (χ4n) is 4.26. The second-order valence-corrected chi connectivity index (χ2v) is 9.22. The number of hydrogen-bond donors (Lipinski definition) is 1. The first-order chi connectivity index (χ1) is 16.9. The van der Waals surface area contributed by atoms with Crippen LogP contribution in [0.2, 0.25) is 0 Å². The van der Waals surface area contributed by atoms with Crippen molar-refractivity contribution in [2.75, 3.05) is 26.7 Å². The SMILES string of the molecule is C[C@@H]1CN([C@@H](C)CO)C(=O)c2cc(-c3ccc(F)cc3)cnc2O[C@H]1CN(C)Cc1ccccn1. The number of ether oxygens (including phenoxy) is 1. The number of rotatable bonds is 7. The third-order valence-electron chi connectivity index (χ3n) is 6.35. The van der Waals surface area contributed by atoms with Crippen LogP contribution < -0.4 is 4.74 Å². The van der Waals surface area contributed by atoms with Crippen molar-refractivity contribution < 1.29 is 19.0 Å². The van der Waals surface area contributed by atoms with Crippen molar-refractivity contribution in [3.05, 3.63) is 78.0 Å². The molecular weight excluding hydrogens is 447 g/mol. The second kappa shape index (κ2) is 10.9. The molecule has 1 amide bonds. The maximum atomic E-state index is 13.6. The molecule has 2 aromatic heterocycles. The zero-order chi connectivity index (χ0) is 24.9. The number of fused-ring (bicyclic) bond motifs is 1. The van der Waals surface area contributed by atoms with E-state index in [9.17, 15) is 14.3 Å². The monoisotopic (exact) mass is 478 g/mol. The Morgan fingerprint density at radius 2 is 1.97 bits per heavy atom. The van der Waals surface area contributed by atoms with Crippen LogP contribution in [-0.4, -0.2) is 69.7 Å². The van der Waals surface area contributed by atoms with Gasteiger partial charge in [-0.3, -0.25) is 14.7 Å². The molecule has 1 aromatic carbocycles. The van der Waals surface area contributed by atoms with Crippen LogP contribution in [0, 0.1) is 11.7 Å². The van der Waals surface area contributed by atoms with Crippen LogP contribution in [0.25, 0.3) is 11.1 Å². The van der Waals surface area contributed by atoms with E-state index in [0.29, 0.717) is 30.8 Å². The second-order valence-electron chi connectivity index (χ2n) is 9.22. The fraction of sp³-hybridized carbons (Fsp3) is 0.370. The zero-order valence-electron chi connectivity index (χ0n) is 20.3. The number of nitrogens with zero attached hydrogens (tertiary/aromatic N) is 4. The van der Waals surface area contributed by atoms with E-state index in [4.69, 9.17) is 4.74 Å². The molecule has 1 aliphatic rings. The van der Waals surface area contributed by atoms with Crippen LogP contribution in [0.4, 0.5) is 4.39 Å². The third kappa shape index (κ3) is 5.83. The highest BCUT2D eigenvalue weighted by atomic mass is 19.1. The number of amides is 1. The summed E-state index contributed by atoms with van der Waals surface area (Å²) in [6.45, 7) is 5.42. The average Bonchev–Trinajstić information content (AvgIpc) is 2.86. The predicted molar refractivity (Wildman–Crippen MR) is 131 cm³/mol. The van der Waals surface area contributed by atoms with Crippen LogP contribution >= 0.6 is 0 Å². The van der Waals surface area contributed by atoms with E-state index in [0.717, 1.165) is 11.3 Å². The maximum Gasteiger partial charge on any atom is 0.259 e. The van der Waals surface area contributed by atoms with Gasteiger partial charge in [-0.05, 0) is 49.9 Å². The molecule has 3 aromatic rings. The van der Waals surface area contributed by atoms with Crippen LogP contribution in [0.3, 0.4) is 0 Å². The number of likely N-dealkylation sites (N-methyl/N-ethyl adjacent to an activating group) is 1. The van der Waals surface area contributed by atoms with E-state index >= 15 is 0 Å². The van der Waals surface area contributed by atoms with Gasteiger partial charge < -0.3 is 14.7 Å². The number of carbonyl (C=O) groups excluding carboxylic acids is 1. The molecule has 4 rings (SSSR count). The zero-order valence-corrected chi connectivity index (χ0v) is 20.3. The van der Waals surface area contributed by atoms with E-state index in [1.54, 1.807) is 35.5 Å². The molecule has 0 unspecified atom stereocenters. The minimum atomic E-state index is -0.364. The Hall–Kier alpha value is -3.36. The van der Waals surface area contributed by atoms with Crippen molar-refractivity contribution in [1.29, 1.82) is 0 Å². The molecule has 1 N–H and O–H groups in total. The molecule has 0 saturated carbocycles. The lowest BCUT2D eigenvalue weighted by Crippen LogP contribution is -2.49. The highest BCUT2D eigenvalue weighted by Gasteiger charge is 2.34. The Kier molecular flexibility index (Phi) is 7.73. The average molecular weight is 479 g/mol. The van der Waals surface area contributed by atoms with Gasteiger partial charge in [-0.1, -0.05) is 25.1 Å². The molecule has 1 aliphatic heterocycles. The lowest BCUT2D eigenvalue weighted by atomic mass is 9.99. The molecule has 8 heteroatoms. The van der Waals surface area contributed by atoms with Crippen molar-refractivity contribution in [2.24, 2.45) is 5.92 Å². The largest absolute Gasteiger partial charge is 0.472 e. The van der Waals surface area contributed by atoms with Crippen molar-refractivity contribution in [1.82, 2.24) is 19.8 Å². The van der Waals surface area contributed by atoms with Crippen molar-refractivity contribution in [2.45, 2.75) is 32.5 Å². The lowest BCUT2D eigenvalue weighted by Gasteiger charge is -2.37. The summed E-state index contributed by atoms with van der Waals surface area (Å²) < 4.78 is 19.8. The lowest BCUT2D eigenvalue weighted by molar-refractivity contribution is 0.0324. The van der Waals surface area contributed by atoms with E-state index in [-0.39, 0.29) is 42.3 Å². The summed E-state index contributed by atoms with van der Waals surface area (Å²) in [6.07, 6.45) is 3.17. The maximum absolute atomic E-state index is 13.6. The molecule has 0 radical (unpaired) electrons. The molecule has 0 fully saturated rings. The molecular formula is C27H31FN4O3. The Morgan fingerprint density at radius 3 is 2.66 bits per heavy atom. The van der Waals surface area contributed by atoms with E-state index in [1.807, 2.05) is 39.1 Å². The van der Waals surface area contributed by atoms with E-state index in [2.05, 4.69) is 14.9 Å². The van der Waals surface area contributed by atoms with Crippen LogP contribution in [0.5, 0.6) is 5.88 Å². The normalized spacial score (nSPS) is 19.0. The Bertz CT molecular complexity index is 1140. The van der Waals surface area contributed by atoms with Crippen LogP contribution in [-0.2, 0) is 6.54 Å². The van der Waals surface area contributed by atoms with Gasteiger partial charge in [-0.15, -0.1) is 0 Å². The highest BCUT2D eigenvalue weighted by Crippen LogP contribution is 2.30. The van der Waals surface area contributed by atoms with Gasteiger partial charge in [-0.25, -0.2) is 9.37 Å². The van der Waals surface area contributed by atoms with Gasteiger partial charge in [0, 0.05) is 43.5 Å². The molecule has 184 valence electrons. The summed E-state index contributed by atoms with van der Waals surface area (Å²) >= 11 is 0. The summed E-state index contributed by atoms with van der Waals surface area (Å²) in [5.74, 6) is -0.322.